The Morgan fingerprint density at radius 2 is 2.32 bits per heavy atom. The molecule has 0 unspecified atom stereocenters. The summed E-state index contributed by atoms with van der Waals surface area (Å²) < 4.78 is 6.81. The van der Waals surface area contributed by atoms with Gasteiger partial charge in [0.15, 0.2) is 0 Å². The van der Waals surface area contributed by atoms with Crippen molar-refractivity contribution in [3.05, 3.63) is 23.3 Å². The SMILES string of the molecule is CCOC(=O)CCc1csc(-c2ccnn2CC)n1. The van der Waals surface area contributed by atoms with Gasteiger partial charge in [0.1, 0.15) is 5.01 Å². The van der Waals surface area contributed by atoms with Gasteiger partial charge in [0.05, 0.1) is 24.4 Å². The fourth-order valence-corrected chi connectivity index (χ4v) is 2.65. The molecule has 2 aromatic rings. The number of esters is 1. The van der Waals surface area contributed by atoms with Crippen LogP contribution in [-0.4, -0.2) is 27.3 Å². The number of rotatable bonds is 6. The number of carbonyl (C=O) groups is 1. The molecule has 5 nitrogen and oxygen atoms in total. The van der Waals surface area contributed by atoms with E-state index in [4.69, 9.17) is 4.74 Å². The van der Waals surface area contributed by atoms with Crippen molar-refractivity contribution in [2.75, 3.05) is 6.61 Å². The van der Waals surface area contributed by atoms with Crippen molar-refractivity contribution in [1.82, 2.24) is 14.8 Å². The van der Waals surface area contributed by atoms with E-state index in [0.29, 0.717) is 19.4 Å². The zero-order valence-electron chi connectivity index (χ0n) is 11.1. The summed E-state index contributed by atoms with van der Waals surface area (Å²) in [6.45, 7) is 5.10. The van der Waals surface area contributed by atoms with E-state index in [1.165, 1.54) is 0 Å². The predicted octanol–water partition coefficient (Wildman–Crippen LogP) is 2.52. The lowest BCUT2D eigenvalue weighted by Gasteiger charge is -2.00. The number of nitrogens with zero attached hydrogens (tertiary/aromatic N) is 3. The van der Waals surface area contributed by atoms with E-state index in [1.807, 2.05) is 30.0 Å². The van der Waals surface area contributed by atoms with Crippen molar-refractivity contribution in [3.63, 3.8) is 0 Å². The van der Waals surface area contributed by atoms with Crippen molar-refractivity contribution in [1.29, 1.82) is 0 Å². The summed E-state index contributed by atoms with van der Waals surface area (Å²) in [6.07, 6.45) is 2.78. The summed E-state index contributed by atoms with van der Waals surface area (Å²) in [5, 5.41) is 7.16. The molecule has 6 heteroatoms. The zero-order valence-corrected chi connectivity index (χ0v) is 11.9. The average Bonchev–Trinajstić information content (AvgIpc) is 3.05. The lowest BCUT2D eigenvalue weighted by Crippen LogP contribution is -2.05. The van der Waals surface area contributed by atoms with Crippen LogP contribution < -0.4 is 0 Å². The number of hydrogen-bond donors (Lipinski definition) is 0. The number of aromatic nitrogens is 3. The summed E-state index contributed by atoms with van der Waals surface area (Å²) in [4.78, 5) is 15.8. The number of thiazole rings is 1. The molecule has 0 N–H and O–H groups in total. The molecule has 2 heterocycles. The van der Waals surface area contributed by atoms with E-state index >= 15 is 0 Å². The molecule has 0 fully saturated rings. The van der Waals surface area contributed by atoms with Gasteiger partial charge in [-0.3, -0.25) is 9.48 Å². The minimum atomic E-state index is -0.171. The Bertz CT molecular complexity index is 548. The van der Waals surface area contributed by atoms with E-state index in [9.17, 15) is 4.79 Å². The van der Waals surface area contributed by atoms with Gasteiger partial charge in [0.25, 0.3) is 0 Å². The van der Waals surface area contributed by atoms with E-state index in [2.05, 4.69) is 10.1 Å². The largest absolute Gasteiger partial charge is 0.466 e. The topological polar surface area (TPSA) is 57.0 Å². The molecule has 0 aliphatic carbocycles. The summed E-state index contributed by atoms with van der Waals surface area (Å²) in [7, 11) is 0. The van der Waals surface area contributed by atoms with Crippen molar-refractivity contribution in [2.45, 2.75) is 33.2 Å². The number of hydrogen-bond acceptors (Lipinski definition) is 5. The monoisotopic (exact) mass is 279 g/mol. The molecule has 0 aliphatic rings. The highest BCUT2D eigenvalue weighted by molar-refractivity contribution is 7.13. The van der Waals surface area contributed by atoms with Crippen LogP contribution in [0.4, 0.5) is 0 Å². The van der Waals surface area contributed by atoms with Gasteiger partial charge >= 0.3 is 5.97 Å². The van der Waals surface area contributed by atoms with Gasteiger partial charge in [-0.1, -0.05) is 0 Å². The average molecular weight is 279 g/mol. The highest BCUT2D eigenvalue weighted by Gasteiger charge is 2.10. The quantitative estimate of drug-likeness (QED) is 0.762. The van der Waals surface area contributed by atoms with Crippen LogP contribution >= 0.6 is 11.3 Å². The van der Waals surface area contributed by atoms with Gasteiger partial charge in [0.2, 0.25) is 0 Å². The minimum Gasteiger partial charge on any atom is -0.466 e. The molecule has 0 radical (unpaired) electrons. The van der Waals surface area contributed by atoms with E-state index < -0.39 is 0 Å². The molecule has 0 spiro atoms. The second-order valence-corrected chi connectivity index (χ2v) is 4.84. The molecule has 0 saturated carbocycles. The van der Waals surface area contributed by atoms with Crippen molar-refractivity contribution in [2.24, 2.45) is 0 Å². The highest BCUT2D eigenvalue weighted by atomic mass is 32.1. The Morgan fingerprint density at radius 1 is 1.47 bits per heavy atom. The molecule has 19 heavy (non-hydrogen) atoms. The first-order valence-corrected chi connectivity index (χ1v) is 7.24. The third-order valence-corrected chi connectivity index (χ3v) is 3.59. The number of aryl methyl sites for hydroxylation is 2. The Morgan fingerprint density at radius 3 is 3.05 bits per heavy atom. The second-order valence-electron chi connectivity index (χ2n) is 3.98. The molecule has 2 aromatic heterocycles. The van der Waals surface area contributed by atoms with Crippen LogP contribution in [-0.2, 0) is 22.5 Å². The van der Waals surface area contributed by atoms with Crippen molar-refractivity contribution < 1.29 is 9.53 Å². The first-order chi connectivity index (χ1) is 9.24. The molecule has 0 atom stereocenters. The molecular weight excluding hydrogens is 262 g/mol. The van der Waals surface area contributed by atoms with E-state index in [1.54, 1.807) is 17.5 Å². The maximum Gasteiger partial charge on any atom is 0.306 e. The van der Waals surface area contributed by atoms with Crippen LogP contribution in [0.25, 0.3) is 10.7 Å². The lowest BCUT2D eigenvalue weighted by atomic mass is 10.2. The van der Waals surface area contributed by atoms with Crippen LogP contribution in [0.2, 0.25) is 0 Å². The van der Waals surface area contributed by atoms with Crippen molar-refractivity contribution in [3.8, 4) is 10.7 Å². The molecule has 0 aromatic carbocycles. The Balaban J connectivity index is 2.01. The number of ether oxygens (including phenoxy) is 1. The third kappa shape index (κ3) is 3.41. The van der Waals surface area contributed by atoms with Gasteiger partial charge in [-0.2, -0.15) is 5.10 Å². The van der Waals surface area contributed by atoms with E-state index in [-0.39, 0.29) is 5.97 Å². The molecule has 0 amide bonds. The fourth-order valence-electron chi connectivity index (χ4n) is 1.77. The minimum absolute atomic E-state index is 0.171. The molecule has 0 saturated heterocycles. The Labute approximate surface area is 116 Å². The zero-order chi connectivity index (χ0) is 13.7. The normalized spacial score (nSPS) is 10.6. The molecule has 102 valence electrons. The van der Waals surface area contributed by atoms with Gasteiger partial charge in [-0.25, -0.2) is 4.98 Å². The maximum atomic E-state index is 11.3. The Kier molecular flexibility index (Phi) is 4.68. The summed E-state index contributed by atoms with van der Waals surface area (Å²) in [6, 6.07) is 1.96. The lowest BCUT2D eigenvalue weighted by molar-refractivity contribution is -0.143. The molecular formula is C13H17N3O2S. The Hall–Kier alpha value is -1.69. The molecule has 0 aliphatic heterocycles. The third-order valence-electron chi connectivity index (χ3n) is 2.68. The van der Waals surface area contributed by atoms with E-state index in [0.717, 1.165) is 22.9 Å². The molecule has 2 rings (SSSR count). The van der Waals surface area contributed by atoms with Crippen LogP contribution in [0.3, 0.4) is 0 Å². The standard InChI is InChI=1S/C13H17N3O2S/c1-3-16-11(7-8-14-16)13-15-10(9-19-13)5-6-12(17)18-4-2/h7-9H,3-6H2,1-2H3. The fraction of sp³-hybridized carbons (Fsp3) is 0.462. The highest BCUT2D eigenvalue weighted by Crippen LogP contribution is 2.23. The first-order valence-electron chi connectivity index (χ1n) is 6.36. The second kappa shape index (κ2) is 6.47. The van der Waals surface area contributed by atoms with Gasteiger partial charge in [0, 0.05) is 24.5 Å². The summed E-state index contributed by atoms with van der Waals surface area (Å²) in [5.74, 6) is -0.171. The first kappa shape index (κ1) is 13.7. The molecule has 0 bridgehead atoms. The van der Waals surface area contributed by atoms with Crippen LogP contribution in [0.15, 0.2) is 17.6 Å². The summed E-state index contributed by atoms with van der Waals surface area (Å²) in [5.41, 5.74) is 1.95. The number of carbonyl (C=O) groups excluding carboxylic acids is 1. The maximum absolute atomic E-state index is 11.3. The van der Waals surface area contributed by atoms with Gasteiger partial charge in [-0.15, -0.1) is 11.3 Å². The van der Waals surface area contributed by atoms with Crippen LogP contribution in [0, 0.1) is 0 Å². The predicted molar refractivity (Wildman–Crippen MR) is 74.0 cm³/mol. The van der Waals surface area contributed by atoms with Crippen LogP contribution in [0.5, 0.6) is 0 Å². The van der Waals surface area contributed by atoms with Gasteiger partial charge < -0.3 is 4.74 Å². The summed E-state index contributed by atoms with van der Waals surface area (Å²) >= 11 is 1.58. The smallest absolute Gasteiger partial charge is 0.306 e. The van der Waals surface area contributed by atoms with Crippen LogP contribution in [0.1, 0.15) is 26.0 Å². The van der Waals surface area contributed by atoms with Gasteiger partial charge in [-0.05, 0) is 19.9 Å². The van der Waals surface area contributed by atoms with Crippen molar-refractivity contribution >= 4 is 17.3 Å².